The fraction of sp³-hybridized carbons (Fsp3) is 0.667. The van der Waals surface area contributed by atoms with E-state index in [4.69, 9.17) is 4.74 Å². The van der Waals surface area contributed by atoms with Gasteiger partial charge in [0.25, 0.3) is 0 Å². The summed E-state index contributed by atoms with van der Waals surface area (Å²) in [6.07, 6.45) is 3.05. The summed E-state index contributed by atoms with van der Waals surface area (Å²) in [7, 11) is 0. The van der Waals surface area contributed by atoms with E-state index in [0.29, 0.717) is 12.6 Å². The van der Waals surface area contributed by atoms with Crippen molar-refractivity contribution in [3.63, 3.8) is 0 Å². The zero-order valence-corrected chi connectivity index (χ0v) is 16.7. The van der Waals surface area contributed by atoms with Crippen molar-refractivity contribution in [3.8, 4) is 0 Å². The quantitative estimate of drug-likeness (QED) is 0.796. The summed E-state index contributed by atoms with van der Waals surface area (Å²) in [5.41, 5.74) is 2.98. The Morgan fingerprint density at radius 2 is 1.96 bits per heavy atom. The molecular formula is C21H34N2O2. The SMILES string of the molecule is CC(C)CCC(C)NCc1cccc2c1N(C(=O)OC(C)(C)C)CC2. The van der Waals surface area contributed by atoms with Gasteiger partial charge >= 0.3 is 6.09 Å². The summed E-state index contributed by atoms with van der Waals surface area (Å²) < 4.78 is 5.59. The Morgan fingerprint density at radius 3 is 2.60 bits per heavy atom. The Hall–Kier alpha value is -1.55. The van der Waals surface area contributed by atoms with Gasteiger partial charge in [0.15, 0.2) is 0 Å². The molecule has 1 aliphatic heterocycles. The van der Waals surface area contributed by atoms with Crippen molar-refractivity contribution < 1.29 is 9.53 Å². The predicted octanol–water partition coefficient (Wildman–Crippen LogP) is 4.90. The molecule has 0 spiro atoms. The van der Waals surface area contributed by atoms with Gasteiger partial charge in [0.1, 0.15) is 5.60 Å². The van der Waals surface area contributed by atoms with Crippen LogP contribution in [0.15, 0.2) is 18.2 Å². The first-order valence-corrected chi connectivity index (χ1v) is 9.52. The molecule has 0 saturated heterocycles. The number of hydrogen-bond acceptors (Lipinski definition) is 3. The Labute approximate surface area is 152 Å². The van der Waals surface area contributed by atoms with E-state index in [-0.39, 0.29) is 6.09 Å². The van der Waals surface area contributed by atoms with E-state index in [1.165, 1.54) is 24.0 Å². The third-order valence-electron chi connectivity index (χ3n) is 4.51. The molecule has 0 radical (unpaired) electrons. The first-order valence-electron chi connectivity index (χ1n) is 9.52. The van der Waals surface area contributed by atoms with Crippen LogP contribution in [0.1, 0.15) is 65.5 Å². The fourth-order valence-corrected chi connectivity index (χ4v) is 3.15. The van der Waals surface area contributed by atoms with Crippen LogP contribution >= 0.6 is 0 Å². The molecule has 1 atom stereocenters. The van der Waals surface area contributed by atoms with Gasteiger partial charge in [-0.1, -0.05) is 32.0 Å². The van der Waals surface area contributed by atoms with Gasteiger partial charge in [-0.25, -0.2) is 4.79 Å². The van der Waals surface area contributed by atoms with Crippen molar-refractivity contribution in [2.24, 2.45) is 5.92 Å². The summed E-state index contributed by atoms with van der Waals surface area (Å²) >= 11 is 0. The van der Waals surface area contributed by atoms with Gasteiger partial charge in [-0.2, -0.15) is 0 Å². The number of nitrogens with zero attached hydrogens (tertiary/aromatic N) is 1. The second-order valence-corrected chi connectivity index (χ2v) is 8.56. The minimum Gasteiger partial charge on any atom is -0.443 e. The first-order chi connectivity index (χ1) is 11.7. The lowest BCUT2D eigenvalue weighted by Gasteiger charge is -2.26. The molecule has 0 bridgehead atoms. The smallest absolute Gasteiger partial charge is 0.414 e. The Kier molecular flexibility index (Phi) is 6.50. The maximum absolute atomic E-state index is 12.6. The maximum atomic E-state index is 12.6. The summed E-state index contributed by atoms with van der Waals surface area (Å²) in [6, 6.07) is 6.79. The molecule has 140 valence electrons. The highest BCUT2D eigenvalue weighted by Gasteiger charge is 2.30. The predicted molar refractivity (Wildman–Crippen MR) is 104 cm³/mol. The Morgan fingerprint density at radius 1 is 1.24 bits per heavy atom. The number of benzene rings is 1. The standard InChI is InChI=1S/C21H34N2O2/c1-15(2)10-11-16(3)22-14-18-9-7-8-17-12-13-23(19(17)18)20(24)25-21(4,5)6/h7-9,15-16,22H,10-14H2,1-6H3. The van der Waals surface area contributed by atoms with Crippen molar-refractivity contribution in [3.05, 3.63) is 29.3 Å². The van der Waals surface area contributed by atoms with E-state index >= 15 is 0 Å². The van der Waals surface area contributed by atoms with Crippen molar-refractivity contribution in [2.45, 2.75) is 79.0 Å². The molecule has 2 rings (SSSR count). The molecule has 0 saturated carbocycles. The highest BCUT2D eigenvalue weighted by molar-refractivity contribution is 5.91. The number of rotatable bonds is 6. The third kappa shape index (κ3) is 5.74. The molecular weight excluding hydrogens is 312 g/mol. The van der Waals surface area contributed by atoms with Crippen LogP contribution in [-0.2, 0) is 17.7 Å². The number of para-hydroxylation sites is 1. The zero-order chi connectivity index (χ0) is 18.6. The number of fused-ring (bicyclic) bond motifs is 1. The van der Waals surface area contributed by atoms with Crippen molar-refractivity contribution in [2.75, 3.05) is 11.4 Å². The largest absolute Gasteiger partial charge is 0.443 e. The van der Waals surface area contributed by atoms with E-state index in [2.05, 4.69) is 44.3 Å². The lowest BCUT2D eigenvalue weighted by molar-refractivity contribution is 0.0583. The highest BCUT2D eigenvalue weighted by Crippen LogP contribution is 2.33. The van der Waals surface area contributed by atoms with Gasteiger partial charge in [-0.05, 0) is 64.0 Å². The lowest BCUT2D eigenvalue weighted by Crippen LogP contribution is -2.36. The lowest BCUT2D eigenvalue weighted by atomic mass is 10.0. The molecule has 1 heterocycles. The molecule has 0 aromatic heterocycles. The van der Waals surface area contributed by atoms with Gasteiger partial charge in [-0.3, -0.25) is 4.90 Å². The summed E-state index contributed by atoms with van der Waals surface area (Å²) in [4.78, 5) is 14.4. The van der Waals surface area contributed by atoms with Gasteiger partial charge in [0, 0.05) is 19.1 Å². The normalized spacial score (nSPS) is 15.4. The van der Waals surface area contributed by atoms with E-state index in [1.54, 1.807) is 4.90 Å². The number of hydrogen-bond donors (Lipinski definition) is 1. The van der Waals surface area contributed by atoms with Crippen LogP contribution in [0.25, 0.3) is 0 Å². The van der Waals surface area contributed by atoms with Gasteiger partial charge in [-0.15, -0.1) is 0 Å². The average Bonchev–Trinajstić information content (AvgIpc) is 2.94. The first kappa shape index (κ1) is 19.8. The topological polar surface area (TPSA) is 41.6 Å². The molecule has 1 aromatic carbocycles. The van der Waals surface area contributed by atoms with Gasteiger partial charge in [0.05, 0.1) is 5.69 Å². The Bertz CT molecular complexity index is 590. The fourth-order valence-electron chi connectivity index (χ4n) is 3.15. The van der Waals surface area contributed by atoms with Crippen LogP contribution in [-0.4, -0.2) is 24.3 Å². The summed E-state index contributed by atoms with van der Waals surface area (Å²) in [5, 5.41) is 3.61. The number of anilines is 1. The number of amides is 1. The molecule has 25 heavy (non-hydrogen) atoms. The van der Waals surface area contributed by atoms with E-state index in [1.807, 2.05) is 20.8 Å². The molecule has 4 nitrogen and oxygen atoms in total. The van der Waals surface area contributed by atoms with Crippen LogP contribution < -0.4 is 10.2 Å². The molecule has 1 aromatic rings. The summed E-state index contributed by atoms with van der Waals surface area (Å²) in [6.45, 7) is 14.0. The van der Waals surface area contributed by atoms with E-state index in [9.17, 15) is 4.79 Å². The van der Waals surface area contributed by atoms with Crippen LogP contribution in [0, 0.1) is 5.92 Å². The van der Waals surface area contributed by atoms with Crippen LogP contribution in [0.5, 0.6) is 0 Å². The van der Waals surface area contributed by atoms with E-state index < -0.39 is 5.60 Å². The molecule has 0 aliphatic carbocycles. The second kappa shape index (κ2) is 8.22. The second-order valence-electron chi connectivity index (χ2n) is 8.56. The van der Waals surface area contributed by atoms with E-state index in [0.717, 1.165) is 24.6 Å². The maximum Gasteiger partial charge on any atom is 0.414 e. The molecule has 1 aliphatic rings. The monoisotopic (exact) mass is 346 g/mol. The van der Waals surface area contributed by atoms with Crippen LogP contribution in [0.4, 0.5) is 10.5 Å². The number of nitrogens with one attached hydrogen (secondary N) is 1. The third-order valence-corrected chi connectivity index (χ3v) is 4.51. The Balaban J connectivity index is 2.07. The number of carbonyl (C=O) groups excluding carboxylic acids is 1. The molecule has 1 unspecified atom stereocenters. The van der Waals surface area contributed by atoms with Gasteiger partial charge in [0.2, 0.25) is 0 Å². The molecule has 1 amide bonds. The zero-order valence-electron chi connectivity index (χ0n) is 16.7. The summed E-state index contributed by atoms with van der Waals surface area (Å²) in [5.74, 6) is 0.730. The highest BCUT2D eigenvalue weighted by atomic mass is 16.6. The van der Waals surface area contributed by atoms with Crippen molar-refractivity contribution in [1.29, 1.82) is 0 Å². The van der Waals surface area contributed by atoms with Crippen molar-refractivity contribution >= 4 is 11.8 Å². The van der Waals surface area contributed by atoms with Gasteiger partial charge < -0.3 is 10.1 Å². The van der Waals surface area contributed by atoms with Crippen LogP contribution in [0.3, 0.4) is 0 Å². The minimum atomic E-state index is -0.474. The number of ether oxygens (including phenoxy) is 1. The van der Waals surface area contributed by atoms with Crippen LogP contribution in [0.2, 0.25) is 0 Å². The van der Waals surface area contributed by atoms with Crippen molar-refractivity contribution in [1.82, 2.24) is 5.32 Å². The molecule has 0 fully saturated rings. The minimum absolute atomic E-state index is 0.244. The number of carbonyl (C=O) groups is 1. The molecule has 1 N–H and O–H groups in total. The average molecular weight is 347 g/mol. The molecule has 4 heteroatoms.